The normalized spacial score (nSPS) is 21.3. The summed E-state index contributed by atoms with van der Waals surface area (Å²) in [5.41, 5.74) is 2.73. The van der Waals surface area contributed by atoms with Gasteiger partial charge in [0.1, 0.15) is 0 Å². The van der Waals surface area contributed by atoms with E-state index in [1.165, 1.54) is 14.7 Å². The smallest absolute Gasteiger partial charge is 0.0975 e. The minimum absolute atomic E-state index is 0.204. The largest absolute Gasteiger partial charge is 0.242 e. The molecular formula is C13H18INOS. The summed E-state index contributed by atoms with van der Waals surface area (Å²) in [7, 11) is -0.994. The van der Waals surface area contributed by atoms with Gasteiger partial charge in [0.15, 0.2) is 0 Å². The van der Waals surface area contributed by atoms with E-state index in [2.05, 4.69) is 45.5 Å². The molecule has 2 rings (SSSR count). The Hall–Kier alpha value is 0.0600. The van der Waals surface area contributed by atoms with Gasteiger partial charge in [0.25, 0.3) is 0 Å². The maximum atomic E-state index is 12.1. The fraction of sp³-hybridized carbons (Fsp3) is 0.538. The first kappa shape index (κ1) is 13.5. The maximum absolute atomic E-state index is 12.1. The molecule has 0 bridgehead atoms. The van der Waals surface area contributed by atoms with Crippen LogP contribution in [0.2, 0.25) is 0 Å². The summed E-state index contributed by atoms with van der Waals surface area (Å²) < 4.78 is 16.4. The molecule has 0 spiro atoms. The van der Waals surface area contributed by atoms with E-state index in [4.69, 9.17) is 0 Å². The quantitative estimate of drug-likeness (QED) is 0.803. The lowest BCUT2D eigenvalue weighted by atomic mass is 10.1. The number of fused-ring (bicyclic) bond motifs is 1. The number of aryl methyl sites for hydroxylation is 1. The van der Waals surface area contributed by atoms with Crippen molar-refractivity contribution in [3.8, 4) is 0 Å². The summed E-state index contributed by atoms with van der Waals surface area (Å²) in [4.78, 5) is 0. The van der Waals surface area contributed by atoms with Gasteiger partial charge < -0.3 is 0 Å². The number of rotatable bonds is 2. The van der Waals surface area contributed by atoms with Gasteiger partial charge in [-0.1, -0.05) is 6.07 Å². The molecule has 0 fully saturated rings. The Balaban J connectivity index is 2.17. The highest BCUT2D eigenvalue weighted by Crippen LogP contribution is 2.33. The van der Waals surface area contributed by atoms with Gasteiger partial charge in [-0.2, -0.15) is 0 Å². The van der Waals surface area contributed by atoms with Crippen molar-refractivity contribution >= 4 is 33.6 Å². The molecule has 0 saturated carbocycles. The van der Waals surface area contributed by atoms with E-state index < -0.39 is 11.0 Å². The summed E-state index contributed by atoms with van der Waals surface area (Å²) >= 11 is 2.33. The number of hydrogen-bond acceptors (Lipinski definition) is 1. The van der Waals surface area contributed by atoms with Crippen LogP contribution in [0.3, 0.4) is 0 Å². The molecule has 0 amide bonds. The first-order valence-electron chi connectivity index (χ1n) is 5.84. The van der Waals surface area contributed by atoms with E-state index in [-0.39, 0.29) is 10.8 Å². The minimum atomic E-state index is -0.994. The number of benzene rings is 1. The summed E-state index contributed by atoms with van der Waals surface area (Å²) in [6.07, 6.45) is 2.14. The van der Waals surface area contributed by atoms with Crippen molar-refractivity contribution in [3.05, 3.63) is 32.9 Å². The molecule has 1 N–H and O–H groups in total. The molecule has 17 heavy (non-hydrogen) atoms. The van der Waals surface area contributed by atoms with Gasteiger partial charge >= 0.3 is 0 Å². The van der Waals surface area contributed by atoms with E-state index in [1.807, 2.05) is 20.8 Å². The van der Waals surface area contributed by atoms with Gasteiger partial charge in [-0.3, -0.25) is 0 Å². The van der Waals surface area contributed by atoms with Crippen molar-refractivity contribution in [2.45, 2.75) is 44.4 Å². The molecular weight excluding hydrogens is 345 g/mol. The van der Waals surface area contributed by atoms with Crippen molar-refractivity contribution in [1.82, 2.24) is 4.72 Å². The van der Waals surface area contributed by atoms with Crippen LogP contribution in [-0.2, 0) is 17.4 Å². The van der Waals surface area contributed by atoms with Crippen molar-refractivity contribution in [2.75, 3.05) is 0 Å². The Labute approximate surface area is 119 Å². The van der Waals surface area contributed by atoms with Crippen LogP contribution in [0.1, 0.15) is 44.4 Å². The molecule has 0 heterocycles. The lowest BCUT2D eigenvalue weighted by molar-refractivity contribution is 0.596. The van der Waals surface area contributed by atoms with Crippen molar-refractivity contribution < 1.29 is 4.21 Å². The molecule has 0 radical (unpaired) electrons. The van der Waals surface area contributed by atoms with Crippen LogP contribution < -0.4 is 4.72 Å². The Kier molecular flexibility index (Phi) is 3.95. The summed E-state index contributed by atoms with van der Waals surface area (Å²) in [6.45, 7) is 6.00. The number of nitrogens with one attached hydrogen (secondary N) is 1. The zero-order chi connectivity index (χ0) is 12.6. The molecule has 0 aliphatic heterocycles. The van der Waals surface area contributed by atoms with E-state index in [0.29, 0.717) is 0 Å². The lowest BCUT2D eigenvalue weighted by Gasteiger charge is -2.22. The average molecular weight is 363 g/mol. The molecule has 0 saturated heterocycles. The van der Waals surface area contributed by atoms with Gasteiger partial charge in [-0.15, -0.1) is 0 Å². The molecule has 1 aromatic carbocycles. The predicted octanol–water partition coefficient (Wildman–Crippen LogP) is 3.33. The highest BCUT2D eigenvalue weighted by molar-refractivity contribution is 14.1. The summed E-state index contributed by atoms with van der Waals surface area (Å²) in [6, 6.07) is 6.79. The third kappa shape index (κ3) is 3.09. The van der Waals surface area contributed by atoms with Gasteiger partial charge in [0.05, 0.1) is 15.7 Å². The summed E-state index contributed by atoms with van der Waals surface area (Å²) in [5, 5.41) is 0. The lowest BCUT2D eigenvalue weighted by Crippen LogP contribution is -2.35. The van der Waals surface area contributed by atoms with Crippen LogP contribution >= 0.6 is 22.6 Å². The first-order chi connectivity index (χ1) is 7.88. The average Bonchev–Trinajstić information content (AvgIpc) is 2.60. The second-order valence-corrected chi connectivity index (χ2v) is 8.68. The molecule has 1 aliphatic carbocycles. The SMILES string of the molecule is CC(C)(C)S(=O)N[C@H]1CCc2ccc(I)cc21. The van der Waals surface area contributed by atoms with Crippen molar-refractivity contribution in [2.24, 2.45) is 0 Å². The van der Waals surface area contributed by atoms with Gasteiger partial charge in [-0.05, 0) is 79.5 Å². The highest BCUT2D eigenvalue weighted by Gasteiger charge is 2.28. The topological polar surface area (TPSA) is 29.1 Å². The second kappa shape index (κ2) is 4.97. The van der Waals surface area contributed by atoms with Crippen LogP contribution in [0.4, 0.5) is 0 Å². The third-order valence-corrected chi connectivity index (χ3v) is 5.27. The molecule has 94 valence electrons. The number of hydrogen-bond donors (Lipinski definition) is 1. The Bertz CT molecular complexity index is 453. The predicted molar refractivity (Wildman–Crippen MR) is 81.3 cm³/mol. The first-order valence-corrected chi connectivity index (χ1v) is 8.07. The van der Waals surface area contributed by atoms with Crippen LogP contribution in [0, 0.1) is 3.57 Å². The minimum Gasteiger partial charge on any atom is -0.242 e. The molecule has 4 heteroatoms. The fourth-order valence-electron chi connectivity index (χ4n) is 2.00. The molecule has 1 aromatic rings. The Morgan fingerprint density at radius 1 is 1.41 bits per heavy atom. The van der Waals surface area contributed by atoms with E-state index in [1.54, 1.807) is 0 Å². The van der Waals surface area contributed by atoms with Gasteiger partial charge in [0, 0.05) is 9.61 Å². The monoisotopic (exact) mass is 363 g/mol. The second-order valence-electron chi connectivity index (χ2n) is 5.43. The van der Waals surface area contributed by atoms with E-state index >= 15 is 0 Å². The van der Waals surface area contributed by atoms with Crippen LogP contribution in [0.15, 0.2) is 18.2 Å². The molecule has 2 nitrogen and oxygen atoms in total. The van der Waals surface area contributed by atoms with Crippen LogP contribution in [0.5, 0.6) is 0 Å². The zero-order valence-corrected chi connectivity index (χ0v) is 13.4. The van der Waals surface area contributed by atoms with Crippen LogP contribution in [0.25, 0.3) is 0 Å². The van der Waals surface area contributed by atoms with Crippen molar-refractivity contribution in [3.63, 3.8) is 0 Å². The van der Waals surface area contributed by atoms with E-state index in [0.717, 1.165) is 12.8 Å². The highest BCUT2D eigenvalue weighted by atomic mass is 127. The Morgan fingerprint density at radius 2 is 2.12 bits per heavy atom. The van der Waals surface area contributed by atoms with Gasteiger partial charge in [-0.25, -0.2) is 8.93 Å². The van der Waals surface area contributed by atoms with Crippen LogP contribution in [-0.4, -0.2) is 8.96 Å². The van der Waals surface area contributed by atoms with E-state index in [9.17, 15) is 4.21 Å². The van der Waals surface area contributed by atoms with Crippen molar-refractivity contribution in [1.29, 1.82) is 0 Å². The molecule has 2 atom stereocenters. The number of halogens is 1. The van der Waals surface area contributed by atoms with Gasteiger partial charge in [0.2, 0.25) is 0 Å². The zero-order valence-electron chi connectivity index (χ0n) is 10.4. The summed E-state index contributed by atoms with van der Waals surface area (Å²) in [5.74, 6) is 0. The fourth-order valence-corrected chi connectivity index (χ4v) is 3.37. The molecule has 1 aliphatic rings. The standard InChI is InChI=1S/C13H18INOS/c1-13(2,3)17(16)15-12-7-5-9-4-6-10(14)8-11(9)12/h4,6,8,12,15H,5,7H2,1-3H3/t12-,17?/m0/s1. The maximum Gasteiger partial charge on any atom is 0.0975 e. The molecule has 1 unspecified atom stereocenters. The Morgan fingerprint density at radius 3 is 2.76 bits per heavy atom. The molecule has 0 aromatic heterocycles. The third-order valence-electron chi connectivity index (χ3n) is 2.99.